The first-order valence-corrected chi connectivity index (χ1v) is 5.97. The quantitative estimate of drug-likeness (QED) is 0.635. The monoisotopic (exact) mass is 273 g/mol. The number of benzene rings is 1. The smallest absolute Gasteiger partial charge is 0.263 e. The number of aromatic nitrogens is 2. The third-order valence-corrected chi connectivity index (χ3v) is 2.96. The van der Waals surface area contributed by atoms with Gasteiger partial charge in [-0.2, -0.15) is 0 Å². The third-order valence-electron chi connectivity index (χ3n) is 2.65. The Morgan fingerprint density at radius 2 is 2.32 bits per heavy atom. The molecule has 0 spiro atoms. The van der Waals surface area contributed by atoms with E-state index < -0.39 is 0 Å². The molecule has 0 saturated heterocycles. The molecule has 19 heavy (non-hydrogen) atoms. The summed E-state index contributed by atoms with van der Waals surface area (Å²) in [7, 11) is 0. The molecule has 0 fully saturated rings. The third kappa shape index (κ3) is 2.63. The second-order valence-electron chi connectivity index (χ2n) is 3.86. The number of aliphatic imine (C=N–C) groups is 1. The van der Waals surface area contributed by atoms with Crippen molar-refractivity contribution in [2.24, 2.45) is 4.99 Å². The van der Waals surface area contributed by atoms with Crippen molar-refractivity contribution < 1.29 is 0 Å². The summed E-state index contributed by atoms with van der Waals surface area (Å²) in [6.07, 6.45) is 4.76. The SMILES string of the molecule is C=C/C=C(/Cn1cnc2cccc(Cl)c2c1=O)N=C. The zero-order chi connectivity index (χ0) is 13.8. The predicted octanol–water partition coefficient (Wildman–Crippen LogP) is 2.82. The predicted molar refractivity (Wildman–Crippen MR) is 78.8 cm³/mol. The van der Waals surface area contributed by atoms with Crippen LogP contribution >= 0.6 is 11.6 Å². The van der Waals surface area contributed by atoms with Gasteiger partial charge in [0, 0.05) is 0 Å². The Morgan fingerprint density at radius 1 is 1.53 bits per heavy atom. The molecule has 2 rings (SSSR count). The van der Waals surface area contributed by atoms with Crippen molar-refractivity contribution >= 4 is 29.2 Å². The molecule has 0 aliphatic carbocycles. The van der Waals surface area contributed by atoms with Crippen LogP contribution in [-0.4, -0.2) is 16.3 Å². The molecular weight excluding hydrogens is 262 g/mol. The molecule has 96 valence electrons. The number of nitrogens with zero attached hydrogens (tertiary/aromatic N) is 3. The van der Waals surface area contributed by atoms with E-state index in [1.54, 1.807) is 30.4 Å². The summed E-state index contributed by atoms with van der Waals surface area (Å²) in [4.78, 5) is 20.4. The average Bonchev–Trinajstić information content (AvgIpc) is 2.41. The van der Waals surface area contributed by atoms with Gasteiger partial charge in [0.05, 0.1) is 34.5 Å². The van der Waals surface area contributed by atoms with Crippen LogP contribution in [0, 0.1) is 0 Å². The van der Waals surface area contributed by atoms with Crippen molar-refractivity contribution in [2.45, 2.75) is 6.54 Å². The molecule has 0 bridgehead atoms. The minimum atomic E-state index is -0.200. The Kier molecular flexibility index (Phi) is 3.92. The molecule has 0 atom stereocenters. The average molecular weight is 274 g/mol. The summed E-state index contributed by atoms with van der Waals surface area (Å²) in [5.74, 6) is 0. The fourth-order valence-electron chi connectivity index (χ4n) is 1.74. The van der Waals surface area contributed by atoms with E-state index in [0.717, 1.165) is 0 Å². The van der Waals surface area contributed by atoms with E-state index in [1.165, 1.54) is 10.9 Å². The van der Waals surface area contributed by atoms with Crippen LogP contribution in [0.5, 0.6) is 0 Å². The lowest BCUT2D eigenvalue weighted by atomic mass is 10.2. The van der Waals surface area contributed by atoms with Gasteiger partial charge in [-0.15, -0.1) is 0 Å². The highest BCUT2D eigenvalue weighted by Gasteiger charge is 2.08. The van der Waals surface area contributed by atoms with E-state index in [9.17, 15) is 4.79 Å². The van der Waals surface area contributed by atoms with Gasteiger partial charge in [0.25, 0.3) is 5.56 Å². The van der Waals surface area contributed by atoms with Gasteiger partial charge in [-0.1, -0.05) is 30.3 Å². The highest BCUT2D eigenvalue weighted by atomic mass is 35.5. The minimum Gasteiger partial charge on any atom is -0.293 e. The van der Waals surface area contributed by atoms with E-state index >= 15 is 0 Å². The van der Waals surface area contributed by atoms with E-state index in [1.807, 2.05) is 0 Å². The van der Waals surface area contributed by atoms with Crippen molar-refractivity contribution in [1.82, 2.24) is 9.55 Å². The summed E-state index contributed by atoms with van der Waals surface area (Å²) in [6.45, 7) is 7.33. The van der Waals surface area contributed by atoms with E-state index in [4.69, 9.17) is 11.6 Å². The fraction of sp³-hybridized carbons (Fsp3) is 0.0714. The van der Waals surface area contributed by atoms with Crippen molar-refractivity contribution in [3.8, 4) is 0 Å². The van der Waals surface area contributed by atoms with Crippen LogP contribution in [0.2, 0.25) is 5.02 Å². The molecule has 0 aliphatic rings. The Morgan fingerprint density at radius 3 is 3.00 bits per heavy atom. The Hall–Kier alpha value is -2.20. The highest BCUT2D eigenvalue weighted by Crippen LogP contribution is 2.17. The van der Waals surface area contributed by atoms with Gasteiger partial charge in [0.1, 0.15) is 0 Å². The van der Waals surface area contributed by atoms with Gasteiger partial charge >= 0.3 is 0 Å². The van der Waals surface area contributed by atoms with Crippen LogP contribution in [0.25, 0.3) is 10.9 Å². The normalized spacial score (nSPS) is 11.5. The van der Waals surface area contributed by atoms with Gasteiger partial charge in [0.15, 0.2) is 0 Å². The maximum Gasteiger partial charge on any atom is 0.263 e. The highest BCUT2D eigenvalue weighted by molar-refractivity contribution is 6.35. The van der Waals surface area contributed by atoms with Crippen molar-refractivity contribution in [2.75, 3.05) is 0 Å². The number of hydrogen-bond donors (Lipinski definition) is 0. The zero-order valence-corrected chi connectivity index (χ0v) is 11.0. The van der Waals surface area contributed by atoms with E-state index in [0.29, 0.717) is 21.6 Å². The van der Waals surface area contributed by atoms with Crippen LogP contribution < -0.4 is 5.56 Å². The summed E-state index contributed by atoms with van der Waals surface area (Å²) in [5.41, 5.74) is 1.01. The van der Waals surface area contributed by atoms with Crippen LogP contribution in [0.3, 0.4) is 0 Å². The van der Waals surface area contributed by atoms with Gasteiger partial charge in [-0.25, -0.2) is 4.98 Å². The summed E-state index contributed by atoms with van der Waals surface area (Å²) in [5, 5.41) is 0.804. The molecule has 0 unspecified atom stereocenters. The van der Waals surface area contributed by atoms with E-state index in [2.05, 4.69) is 23.3 Å². The second kappa shape index (κ2) is 5.63. The lowest BCUT2D eigenvalue weighted by molar-refractivity contribution is 0.731. The number of fused-ring (bicyclic) bond motifs is 1. The first kappa shape index (κ1) is 13.2. The van der Waals surface area contributed by atoms with Gasteiger partial charge in [-0.05, 0) is 24.9 Å². The lowest BCUT2D eigenvalue weighted by Crippen LogP contribution is -2.21. The second-order valence-corrected chi connectivity index (χ2v) is 4.27. The molecule has 0 saturated carbocycles. The number of rotatable bonds is 4. The summed E-state index contributed by atoms with van der Waals surface area (Å²) < 4.78 is 1.44. The molecule has 1 aromatic carbocycles. The summed E-state index contributed by atoms with van der Waals surface area (Å²) >= 11 is 6.05. The largest absolute Gasteiger partial charge is 0.293 e. The summed E-state index contributed by atoms with van der Waals surface area (Å²) in [6, 6.07) is 5.18. The van der Waals surface area contributed by atoms with Crippen LogP contribution in [0.4, 0.5) is 0 Å². The Balaban J connectivity index is 2.58. The van der Waals surface area contributed by atoms with Gasteiger partial charge < -0.3 is 0 Å². The van der Waals surface area contributed by atoms with Crippen molar-refractivity contribution in [3.05, 3.63) is 64.3 Å². The van der Waals surface area contributed by atoms with Gasteiger partial charge in [-0.3, -0.25) is 14.4 Å². The molecule has 0 aliphatic heterocycles. The zero-order valence-electron chi connectivity index (χ0n) is 10.2. The molecule has 1 heterocycles. The standard InChI is InChI=1S/C14H12ClN3O/c1-3-5-10(16-2)8-18-9-17-12-7-4-6-11(15)13(12)14(18)19/h3-7,9H,1-2,8H2/b10-5-. The first-order valence-electron chi connectivity index (χ1n) is 5.59. The topological polar surface area (TPSA) is 47.2 Å². The maximum absolute atomic E-state index is 12.3. The first-order chi connectivity index (χ1) is 9.17. The number of hydrogen-bond acceptors (Lipinski definition) is 3. The lowest BCUT2D eigenvalue weighted by Gasteiger charge is -2.07. The number of halogens is 1. The van der Waals surface area contributed by atoms with Crippen LogP contribution in [-0.2, 0) is 6.54 Å². The fourth-order valence-corrected chi connectivity index (χ4v) is 1.99. The molecule has 2 aromatic rings. The molecule has 0 N–H and O–H groups in total. The van der Waals surface area contributed by atoms with Crippen LogP contribution in [0.1, 0.15) is 0 Å². The van der Waals surface area contributed by atoms with Crippen molar-refractivity contribution in [3.63, 3.8) is 0 Å². The van der Waals surface area contributed by atoms with Crippen LogP contribution in [0.15, 0.2) is 58.7 Å². The molecule has 4 nitrogen and oxygen atoms in total. The molecule has 0 radical (unpaired) electrons. The van der Waals surface area contributed by atoms with Gasteiger partial charge in [0.2, 0.25) is 0 Å². The van der Waals surface area contributed by atoms with Crippen molar-refractivity contribution in [1.29, 1.82) is 0 Å². The van der Waals surface area contributed by atoms with E-state index in [-0.39, 0.29) is 12.1 Å². The molecule has 0 amide bonds. The minimum absolute atomic E-state index is 0.200. The Bertz CT molecular complexity index is 731. The molecular formula is C14H12ClN3O. The Labute approximate surface area is 115 Å². The molecule has 1 aromatic heterocycles. The maximum atomic E-state index is 12.3. The molecule has 5 heteroatoms. The number of allylic oxidation sites excluding steroid dienone is 3.